The Morgan fingerprint density at radius 2 is 1.86 bits per heavy atom. The van der Waals surface area contributed by atoms with Crippen LogP contribution in [-0.4, -0.2) is 29.2 Å². The highest BCUT2D eigenvalue weighted by Crippen LogP contribution is 2.18. The maximum atomic E-state index is 12.9. The van der Waals surface area contributed by atoms with E-state index in [4.69, 9.17) is 0 Å². The van der Waals surface area contributed by atoms with Gasteiger partial charge in [0.05, 0.1) is 0 Å². The fourth-order valence-corrected chi connectivity index (χ4v) is 2.90. The summed E-state index contributed by atoms with van der Waals surface area (Å²) in [6.07, 6.45) is 0.736. The van der Waals surface area contributed by atoms with Crippen LogP contribution in [0.4, 0.5) is 15.9 Å². The van der Waals surface area contributed by atoms with Gasteiger partial charge in [-0.15, -0.1) is 10.2 Å². The van der Waals surface area contributed by atoms with Crippen LogP contribution in [-0.2, 0) is 6.42 Å². The minimum absolute atomic E-state index is 0.182. The van der Waals surface area contributed by atoms with Crippen LogP contribution in [0.3, 0.4) is 0 Å². The second kappa shape index (κ2) is 9.08. The second-order valence-electron chi connectivity index (χ2n) is 6.50. The van der Waals surface area contributed by atoms with Crippen molar-refractivity contribution in [3.8, 4) is 0 Å². The molecule has 28 heavy (non-hydrogen) atoms. The molecule has 0 spiro atoms. The van der Waals surface area contributed by atoms with Crippen molar-refractivity contribution < 1.29 is 9.18 Å². The molecule has 1 N–H and O–H groups in total. The van der Waals surface area contributed by atoms with Gasteiger partial charge < -0.3 is 10.2 Å². The van der Waals surface area contributed by atoms with Crippen LogP contribution in [0.15, 0.2) is 60.7 Å². The third kappa shape index (κ3) is 4.91. The Morgan fingerprint density at radius 1 is 1.07 bits per heavy atom. The number of carbonyl (C=O) groups excluding carboxylic acids is 1. The van der Waals surface area contributed by atoms with Crippen molar-refractivity contribution in [3.05, 3.63) is 83.3 Å². The number of amides is 1. The van der Waals surface area contributed by atoms with E-state index in [2.05, 4.69) is 15.5 Å². The van der Waals surface area contributed by atoms with Crippen LogP contribution >= 0.6 is 0 Å². The number of halogens is 1. The van der Waals surface area contributed by atoms with E-state index >= 15 is 0 Å². The van der Waals surface area contributed by atoms with Crippen molar-refractivity contribution in [3.63, 3.8) is 0 Å². The van der Waals surface area contributed by atoms with Gasteiger partial charge in [0.2, 0.25) is 0 Å². The molecule has 0 aliphatic rings. The molecule has 1 heterocycles. The number of anilines is 2. The molecule has 5 nitrogen and oxygen atoms in total. The minimum atomic E-state index is -0.241. The van der Waals surface area contributed by atoms with E-state index in [1.165, 1.54) is 12.1 Å². The Hall–Kier alpha value is -3.28. The summed E-state index contributed by atoms with van der Waals surface area (Å²) in [4.78, 5) is 14.5. The molecular formula is C22H23FN4O. The van der Waals surface area contributed by atoms with E-state index in [0.29, 0.717) is 24.6 Å². The number of rotatable bonds is 7. The van der Waals surface area contributed by atoms with Gasteiger partial charge in [-0.1, -0.05) is 24.3 Å². The maximum absolute atomic E-state index is 12.9. The minimum Gasteiger partial charge on any atom is -0.368 e. The standard InChI is InChI=1S/C22H23FN4O/c1-3-27(19-6-4-5-16(2)15-19)22(28)20-11-12-21(26-25-20)24-14-13-17-7-9-18(23)10-8-17/h4-12,15H,3,13-14H2,1-2H3,(H,24,26). The molecule has 1 amide bonds. The van der Waals surface area contributed by atoms with Gasteiger partial charge in [-0.25, -0.2) is 4.39 Å². The monoisotopic (exact) mass is 378 g/mol. The SMILES string of the molecule is CCN(C(=O)c1ccc(NCCc2ccc(F)cc2)nn1)c1cccc(C)c1. The maximum Gasteiger partial charge on any atom is 0.278 e. The Kier molecular flexibility index (Phi) is 6.32. The first-order chi connectivity index (χ1) is 13.6. The third-order valence-corrected chi connectivity index (χ3v) is 4.39. The topological polar surface area (TPSA) is 58.1 Å². The summed E-state index contributed by atoms with van der Waals surface area (Å²) in [6.45, 7) is 5.10. The normalized spacial score (nSPS) is 10.5. The Morgan fingerprint density at radius 3 is 2.50 bits per heavy atom. The van der Waals surface area contributed by atoms with Gasteiger partial charge in [0, 0.05) is 18.8 Å². The quantitative estimate of drug-likeness (QED) is 0.668. The van der Waals surface area contributed by atoms with Gasteiger partial charge in [-0.3, -0.25) is 4.79 Å². The summed E-state index contributed by atoms with van der Waals surface area (Å²) in [5.41, 5.74) is 3.27. The highest BCUT2D eigenvalue weighted by Gasteiger charge is 2.18. The number of nitrogens with one attached hydrogen (secondary N) is 1. The molecule has 0 atom stereocenters. The van der Waals surface area contributed by atoms with E-state index in [0.717, 1.165) is 23.2 Å². The lowest BCUT2D eigenvalue weighted by Gasteiger charge is -2.20. The zero-order valence-electron chi connectivity index (χ0n) is 16.0. The first-order valence-electron chi connectivity index (χ1n) is 9.27. The van der Waals surface area contributed by atoms with E-state index in [1.54, 1.807) is 29.2 Å². The van der Waals surface area contributed by atoms with Crippen LogP contribution in [0.1, 0.15) is 28.5 Å². The molecule has 0 aliphatic heterocycles. The third-order valence-electron chi connectivity index (χ3n) is 4.39. The summed E-state index contributed by atoms with van der Waals surface area (Å²) >= 11 is 0. The Balaban J connectivity index is 1.61. The van der Waals surface area contributed by atoms with E-state index in [9.17, 15) is 9.18 Å². The van der Waals surface area contributed by atoms with Crippen molar-refractivity contribution in [2.24, 2.45) is 0 Å². The molecule has 6 heteroatoms. The van der Waals surface area contributed by atoms with Crippen molar-refractivity contribution in [2.45, 2.75) is 20.3 Å². The van der Waals surface area contributed by atoms with Crippen LogP contribution in [0.25, 0.3) is 0 Å². The highest BCUT2D eigenvalue weighted by atomic mass is 19.1. The van der Waals surface area contributed by atoms with Crippen LogP contribution < -0.4 is 10.2 Å². The number of hydrogen-bond donors (Lipinski definition) is 1. The zero-order valence-corrected chi connectivity index (χ0v) is 16.0. The van der Waals surface area contributed by atoms with Gasteiger partial charge >= 0.3 is 0 Å². The van der Waals surface area contributed by atoms with E-state index in [-0.39, 0.29) is 11.7 Å². The van der Waals surface area contributed by atoms with Crippen molar-refractivity contribution in [2.75, 3.05) is 23.3 Å². The van der Waals surface area contributed by atoms with Crippen LogP contribution in [0, 0.1) is 12.7 Å². The van der Waals surface area contributed by atoms with Gasteiger partial charge in [0.25, 0.3) is 5.91 Å². The number of aromatic nitrogens is 2. The molecule has 3 aromatic rings. The fourth-order valence-electron chi connectivity index (χ4n) is 2.90. The average Bonchev–Trinajstić information content (AvgIpc) is 2.70. The molecule has 0 fully saturated rings. The van der Waals surface area contributed by atoms with E-state index in [1.807, 2.05) is 38.1 Å². The number of nitrogens with zero attached hydrogens (tertiary/aromatic N) is 3. The van der Waals surface area contributed by atoms with Gasteiger partial charge in [-0.05, 0) is 67.8 Å². The predicted molar refractivity (Wildman–Crippen MR) is 109 cm³/mol. The summed E-state index contributed by atoms with van der Waals surface area (Å²) in [5.74, 6) is 0.172. The molecule has 0 radical (unpaired) electrons. The van der Waals surface area contributed by atoms with Crippen LogP contribution in [0.5, 0.6) is 0 Å². The first kappa shape index (κ1) is 19.5. The van der Waals surface area contributed by atoms with Gasteiger partial charge in [0.1, 0.15) is 11.6 Å². The predicted octanol–water partition coefficient (Wildman–Crippen LogP) is 4.25. The average molecular weight is 378 g/mol. The summed E-state index contributed by atoms with van der Waals surface area (Å²) < 4.78 is 12.9. The molecule has 0 aliphatic carbocycles. The van der Waals surface area contributed by atoms with Gasteiger partial charge in [0.15, 0.2) is 5.69 Å². The first-order valence-corrected chi connectivity index (χ1v) is 9.27. The van der Waals surface area contributed by atoms with Crippen LogP contribution in [0.2, 0.25) is 0 Å². The lowest BCUT2D eigenvalue weighted by Crippen LogP contribution is -2.31. The molecule has 0 unspecified atom stereocenters. The molecule has 2 aromatic carbocycles. The summed E-state index contributed by atoms with van der Waals surface area (Å²) in [5, 5.41) is 11.3. The Bertz CT molecular complexity index is 926. The number of benzene rings is 2. The van der Waals surface area contributed by atoms with Crippen molar-refractivity contribution in [1.29, 1.82) is 0 Å². The van der Waals surface area contributed by atoms with Crippen molar-refractivity contribution >= 4 is 17.4 Å². The molecule has 0 bridgehead atoms. The Labute approximate surface area is 164 Å². The lowest BCUT2D eigenvalue weighted by atomic mass is 10.1. The summed E-state index contributed by atoms with van der Waals surface area (Å²) in [6, 6.07) is 17.6. The number of aryl methyl sites for hydroxylation is 1. The van der Waals surface area contributed by atoms with Crippen molar-refractivity contribution in [1.82, 2.24) is 10.2 Å². The zero-order chi connectivity index (χ0) is 19.9. The van der Waals surface area contributed by atoms with Gasteiger partial charge in [-0.2, -0.15) is 0 Å². The summed E-state index contributed by atoms with van der Waals surface area (Å²) in [7, 11) is 0. The molecule has 0 saturated carbocycles. The largest absolute Gasteiger partial charge is 0.368 e. The smallest absolute Gasteiger partial charge is 0.278 e. The second-order valence-corrected chi connectivity index (χ2v) is 6.50. The lowest BCUT2D eigenvalue weighted by molar-refractivity contribution is 0.0982. The molecule has 3 rings (SSSR count). The molecular weight excluding hydrogens is 355 g/mol. The molecule has 144 valence electrons. The highest BCUT2D eigenvalue weighted by molar-refractivity contribution is 6.04. The molecule has 1 aromatic heterocycles. The fraction of sp³-hybridized carbons (Fsp3) is 0.227. The number of hydrogen-bond acceptors (Lipinski definition) is 4. The van der Waals surface area contributed by atoms with E-state index < -0.39 is 0 Å². The molecule has 0 saturated heterocycles. The number of carbonyl (C=O) groups is 1.